The van der Waals surface area contributed by atoms with E-state index in [1.807, 2.05) is 13.8 Å². The van der Waals surface area contributed by atoms with Gasteiger partial charge in [-0.25, -0.2) is 0 Å². The summed E-state index contributed by atoms with van der Waals surface area (Å²) < 4.78 is 0.501. The van der Waals surface area contributed by atoms with Gasteiger partial charge < -0.3 is 5.32 Å². The lowest BCUT2D eigenvalue weighted by molar-refractivity contribution is -0.384. The maximum atomic E-state index is 10.8. The van der Waals surface area contributed by atoms with E-state index in [0.717, 1.165) is 6.42 Å². The molecule has 0 amide bonds. The second-order valence-electron chi connectivity index (χ2n) is 3.35. The summed E-state index contributed by atoms with van der Waals surface area (Å²) in [5, 5.41) is 14.0. The number of halogens is 1. The molecule has 0 fully saturated rings. The van der Waals surface area contributed by atoms with Crippen molar-refractivity contribution in [3.05, 3.63) is 32.8 Å². The predicted molar refractivity (Wildman–Crippen MR) is 64.2 cm³/mol. The molecule has 4 nitrogen and oxygen atoms in total. The Kier molecular flexibility index (Phi) is 4.08. The van der Waals surface area contributed by atoms with Gasteiger partial charge in [0.15, 0.2) is 0 Å². The van der Waals surface area contributed by atoms with Gasteiger partial charge >= 0.3 is 5.69 Å². The lowest BCUT2D eigenvalue weighted by atomic mass is 10.2. The van der Waals surface area contributed by atoms with Crippen molar-refractivity contribution in [2.75, 3.05) is 5.32 Å². The average molecular weight is 273 g/mol. The monoisotopic (exact) mass is 272 g/mol. The largest absolute Gasteiger partial charge is 0.377 e. The first kappa shape index (κ1) is 12.0. The highest BCUT2D eigenvalue weighted by Crippen LogP contribution is 2.32. The Bertz CT molecular complexity index is 368. The van der Waals surface area contributed by atoms with E-state index in [9.17, 15) is 10.1 Å². The number of benzene rings is 1. The fraction of sp³-hybridized carbons (Fsp3) is 0.400. The quantitative estimate of drug-likeness (QED) is 0.674. The van der Waals surface area contributed by atoms with Crippen molar-refractivity contribution in [3.63, 3.8) is 0 Å². The molecule has 15 heavy (non-hydrogen) atoms. The maximum Gasteiger partial charge on any atom is 0.306 e. The summed E-state index contributed by atoms with van der Waals surface area (Å²) in [4.78, 5) is 10.5. The van der Waals surface area contributed by atoms with Gasteiger partial charge in [-0.2, -0.15) is 0 Å². The maximum absolute atomic E-state index is 10.8. The number of hydrogen-bond acceptors (Lipinski definition) is 3. The first-order valence-corrected chi connectivity index (χ1v) is 5.55. The van der Waals surface area contributed by atoms with Gasteiger partial charge in [-0.1, -0.05) is 13.0 Å². The van der Waals surface area contributed by atoms with Crippen molar-refractivity contribution < 1.29 is 4.92 Å². The Labute approximate surface area is 97.0 Å². The summed E-state index contributed by atoms with van der Waals surface area (Å²) in [5.41, 5.74) is 0.654. The van der Waals surface area contributed by atoms with Gasteiger partial charge in [0.1, 0.15) is 5.69 Å². The van der Waals surface area contributed by atoms with Crippen molar-refractivity contribution in [1.29, 1.82) is 0 Å². The van der Waals surface area contributed by atoms with Crippen LogP contribution in [-0.4, -0.2) is 11.0 Å². The molecule has 82 valence electrons. The zero-order valence-corrected chi connectivity index (χ0v) is 10.2. The molecule has 1 rings (SSSR count). The molecule has 0 bridgehead atoms. The lowest BCUT2D eigenvalue weighted by Gasteiger charge is -2.13. The molecule has 0 saturated heterocycles. The molecule has 0 radical (unpaired) electrons. The summed E-state index contributed by atoms with van der Waals surface area (Å²) in [6, 6.07) is 5.38. The van der Waals surface area contributed by atoms with Crippen molar-refractivity contribution >= 4 is 27.3 Å². The highest BCUT2D eigenvalue weighted by Gasteiger charge is 2.18. The third-order valence-electron chi connectivity index (χ3n) is 2.18. The van der Waals surface area contributed by atoms with Crippen LogP contribution in [0.25, 0.3) is 0 Å². The van der Waals surface area contributed by atoms with Crippen LogP contribution in [0.1, 0.15) is 20.3 Å². The number of anilines is 1. The average Bonchev–Trinajstić information content (AvgIpc) is 2.17. The number of nitro benzene ring substituents is 1. The van der Waals surface area contributed by atoms with E-state index in [4.69, 9.17) is 0 Å². The molecular formula is C10H13BrN2O2. The smallest absolute Gasteiger partial charge is 0.306 e. The highest BCUT2D eigenvalue weighted by molar-refractivity contribution is 9.10. The summed E-state index contributed by atoms with van der Waals surface area (Å²) >= 11 is 3.18. The first-order chi connectivity index (χ1) is 7.06. The number of para-hydroxylation sites is 1. The van der Waals surface area contributed by atoms with Crippen LogP contribution in [0.4, 0.5) is 11.4 Å². The van der Waals surface area contributed by atoms with Crippen LogP contribution in [0.15, 0.2) is 22.7 Å². The van der Waals surface area contributed by atoms with Crippen LogP contribution in [0.2, 0.25) is 0 Å². The Hall–Kier alpha value is -1.10. The van der Waals surface area contributed by atoms with Crippen LogP contribution in [0, 0.1) is 10.1 Å². The lowest BCUT2D eigenvalue weighted by Crippen LogP contribution is -2.14. The van der Waals surface area contributed by atoms with Gasteiger partial charge in [0.2, 0.25) is 0 Å². The zero-order chi connectivity index (χ0) is 11.4. The van der Waals surface area contributed by atoms with Gasteiger partial charge in [0.25, 0.3) is 0 Å². The molecule has 0 saturated carbocycles. The molecule has 1 aromatic rings. The Morgan fingerprint density at radius 3 is 2.80 bits per heavy atom. The predicted octanol–water partition coefficient (Wildman–Crippen LogP) is 3.57. The Morgan fingerprint density at radius 2 is 2.27 bits per heavy atom. The van der Waals surface area contributed by atoms with Crippen molar-refractivity contribution in [2.45, 2.75) is 26.3 Å². The topological polar surface area (TPSA) is 55.2 Å². The number of nitro groups is 1. The molecule has 0 heterocycles. The number of nitrogens with one attached hydrogen (secondary N) is 1. The SMILES string of the molecule is CC[C@H](C)Nc1cccc(Br)c1[N+](=O)[O-]. The van der Waals surface area contributed by atoms with Gasteiger partial charge in [-0.3, -0.25) is 10.1 Å². The standard InChI is InChI=1S/C10H13BrN2O2/c1-3-7(2)12-9-6-4-5-8(11)10(9)13(14)15/h4-7,12H,3H2,1-2H3/t7-/m0/s1. The Morgan fingerprint density at radius 1 is 1.60 bits per heavy atom. The summed E-state index contributed by atoms with van der Waals surface area (Å²) in [7, 11) is 0. The molecule has 0 aliphatic heterocycles. The van der Waals surface area contributed by atoms with E-state index in [2.05, 4.69) is 21.2 Å². The molecule has 1 atom stereocenters. The zero-order valence-electron chi connectivity index (χ0n) is 8.66. The van der Waals surface area contributed by atoms with E-state index in [1.165, 1.54) is 0 Å². The van der Waals surface area contributed by atoms with Crippen LogP contribution >= 0.6 is 15.9 Å². The van der Waals surface area contributed by atoms with Gasteiger partial charge in [-0.15, -0.1) is 0 Å². The molecule has 1 N–H and O–H groups in total. The molecular weight excluding hydrogens is 260 g/mol. The second-order valence-corrected chi connectivity index (χ2v) is 4.20. The molecule has 0 aliphatic carbocycles. The van der Waals surface area contributed by atoms with Gasteiger partial charge in [-0.05, 0) is 41.4 Å². The molecule has 0 unspecified atom stereocenters. The van der Waals surface area contributed by atoms with E-state index in [0.29, 0.717) is 10.2 Å². The van der Waals surface area contributed by atoms with Crippen LogP contribution < -0.4 is 5.32 Å². The molecule has 5 heteroatoms. The highest BCUT2D eigenvalue weighted by atomic mass is 79.9. The fourth-order valence-electron chi connectivity index (χ4n) is 1.18. The summed E-state index contributed by atoms with van der Waals surface area (Å²) in [5.74, 6) is 0. The van der Waals surface area contributed by atoms with E-state index in [1.54, 1.807) is 18.2 Å². The van der Waals surface area contributed by atoms with Crippen LogP contribution in [0.3, 0.4) is 0 Å². The Balaban J connectivity index is 3.06. The van der Waals surface area contributed by atoms with Gasteiger partial charge in [0.05, 0.1) is 9.40 Å². The van der Waals surface area contributed by atoms with E-state index in [-0.39, 0.29) is 16.7 Å². The number of hydrogen-bond donors (Lipinski definition) is 1. The third kappa shape index (κ3) is 2.92. The first-order valence-electron chi connectivity index (χ1n) is 4.75. The fourth-order valence-corrected chi connectivity index (χ4v) is 1.70. The molecule has 1 aromatic carbocycles. The number of nitrogens with zero attached hydrogens (tertiary/aromatic N) is 1. The van der Waals surface area contributed by atoms with E-state index < -0.39 is 0 Å². The molecule has 0 spiro atoms. The van der Waals surface area contributed by atoms with Crippen LogP contribution in [0.5, 0.6) is 0 Å². The molecule has 0 aliphatic rings. The summed E-state index contributed by atoms with van der Waals surface area (Å²) in [6.07, 6.45) is 0.920. The van der Waals surface area contributed by atoms with E-state index >= 15 is 0 Å². The molecule has 0 aromatic heterocycles. The minimum absolute atomic E-state index is 0.0952. The van der Waals surface area contributed by atoms with Crippen LogP contribution in [-0.2, 0) is 0 Å². The third-order valence-corrected chi connectivity index (χ3v) is 2.82. The normalized spacial score (nSPS) is 12.2. The van der Waals surface area contributed by atoms with Crippen molar-refractivity contribution in [1.82, 2.24) is 0 Å². The number of rotatable bonds is 4. The van der Waals surface area contributed by atoms with Gasteiger partial charge in [0, 0.05) is 6.04 Å². The van der Waals surface area contributed by atoms with Crippen molar-refractivity contribution in [3.8, 4) is 0 Å². The summed E-state index contributed by atoms with van der Waals surface area (Å²) in [6.45, 7) is 4.02. The second kappa shape index (κ2) is 5.11. The minimum Gasteiger partial charge on any atom is -0.377 e. The minimum atomic E-state index is -0.380. The van der Waals surface area contributed by atoms with Crippen molar-refractivity contribution in [2.24, 2.45) is 0 Å².